The van der Waals surface area contributed by atoms with Gasteiger partial charge in [-0.3, -0.25) is 4.90 Å². The summed E-state index contributed by atoms with van der Waals surface area (Å²) < 4.78 is 11.4. The fourth-order valence-corrected chi connectivity index (χ4v) is 4.46. The Hall–Kier alpha value is -4.39. The molecule has 0 saturated heterocycles. The molecule has 7 heteroatoms. The van der Waals surface area contributed by atoms with Crippen LogP contribution in [0.1, 0.15) is 42.5 Å². The number of aromatic nitrogens is 2. The molecule has 0 aliphatic carbocycles. The standard InChI is InChI=1S/C29H28N4O3/c1-4-35-24-15-9-11-21(17-24)18-33-20(3)25(26(30-29(33)34)22-12-6-5-7-13-22)28-31-27(32-36-28)23-14-8-10-19(2)16-23/h5-17,26H,4,18H2,1-3H3,(H,30,34). The van der Waals surface area contributed by atoms with Gasteiger partial charge in [-0.2, -0.15) is 4.98 Å². The van der Waals surface area contributed by atoms with Gasteiger partial charge in [0.05, 0.1) is 24.8 Å². The summed E-state index contributed by atoms with van der Waals surface area (Å²) in [6.45, 7) is 6.85. The second kappa shape index (κ2) is 10.1. The number of carbonyl (C=O) groups excluding carboxylic acids is 1. The van der Waals surface area contributed by atoms with Crippen molar-refractivity contribution >= 4 is 11.6 Å². The van der Waals surface area contributed by atoms with Crippen LogP contribution in [0.5, 0.6) is 5.75 Å². The minimum atomic E-state index is -0.421. The van der Waals surface area contributed by atoms with Crippen molar-refractivity contribution in [3.8, 4) is 17.1 Å². The highest BCUT2D eigenvalue weighted by Crippen LogP contribution is 2.38. The van der Waals surface area contributed by atoms with Crippen molar-refractivity contribution in [3.05, 3.63) is 107 Å². The smallest absolute Gasteiger partial charge is 0.322 e. The van der Waals surface area contributed by atoms with E-state index in [2.05, 4.69) is 10.5 Å². The van der Waals surface area contributed by atoms with Gasteiger partial charge in [0.25, 0.3) is 5.89 Å². The van der Waals surface area contributed by atoms with Crippen LogP contribution in [-0.2, 0) is 6.54 Å². The maximum atomic E-state index is 13.3. The number of urea groups is 1. The van der Waals surface area contributed by atoms with Gasteiger partial charge in [-0.15, -0.1) is 0 Å². The SMILES string of the molecule is CCOc1cccc(CN2C(=O)NC(c3ccccc3)C(c3nc(-c4cccc(C)c4)no3)=C2C)c1. The summed E-state index contributed by atoms with van der Waals surface area (Å²) in [6, 6.07) is 25.0. The summed E-state index contributed by atoms with van der Waals surface area (Å²) >= 11 is 0. The number of benzene rings is 3. The summed E-state index contributed by atoms with van der Waals surface area (Å²) in [5, 5.41) is 7.41. The minimum absolute atomic E-state index is 0.190. The summed E-state index contributed by atoms with van der Waals surface area (Å²) in [5.74, 6) is 1.66. The van der Waals surface area contributed by atoms with E-state index in [9.17, 15) is 4.79 Å². The van der Waals surface area contributed by atoms with E-state index in [0.717, 1.165) is 39.3 Å². The highest BCUT2D eigenvalue weighted by molar-refractivity contribution is 5.86. The van der Waals surface area contributed by atoms with E-state index in [0.29, 0.717) is 24.9 Å². The fraction of sp³-hybridized carbons (Fsp3) is 0.207. The van der Waals surface area contributed by atoms with E-state index in [4.69, 9.17) is 14.2 Å². The number of carbonyl (C=O) groups is 1. The molecule has 1 atom stereocenters. The molecule has 1 unspecified atom stereocenters. The van der Waals surface area contributed by atoms with E-state index >= 15 is 0 Å². The number of hydrogen-bond donors (Lipinski definition) is 1. The topological polar surface area (TPSA) is 80.5 Å². The molecule has 1 N–H and O–H groups in total. The Balaban J connectivity index is 1.57. The Morgan fingerprint density at radius 2 is 1.81 bits per heavy atom. The van der Waals surface area contributed by atoms with Crippen LogP contribution in [0.4, 0.5) is 4.79 Å². The molecule has 182 valence electrons. The number of hydrogen-bond acceptors (Lipinski definition) is 5. The largest absolute Gasteiger partial charge is 0.494 e. The highest BCUT2D eigenvalue weighted by atomic mass is 16.5. The molecule has 0 fully saturated rings. The van der Waals surface area contributed by atoms with Gasteiger partial charge >= 0.3 is 6.03 Å². The minimum Gasteiger partial charge on any atom is -0.494 e. The summed E-state index contributed by atoms with van der Waals surface area (Å²) in [6.07, 6.45) is 0. The van der Waals surface area contributed by atoms with Crippen LogP contribution < -0.4 is 10.1 Å². The van der Waals surface area contributed by atoms with Gasteiger partial charge in [-0.05, 0) is 50.1 Å². The van der Waals surface area contributed by atoms with Gasteiger partial charge in [0, 0.05) is 11.3 Å². The van der Waals surface area contributed by atoms with Crippen LogP contribution in [-0.4, -0.2) is 27.7 Å². The van der Waals surface area contributed by atoms with Crippen LogP contribution >= 0.6 is 0 Å². The lowest BCUT2D eigenvalue weighted by atomic mass is 9.94. The van der Waals surface area contributed by atoms with Crippen molar-refractivity contribution in [2.24, 2.45) is 0 Å². The molecular weight excluding hydrogens is 452 g/mol. The number of ether oxygens (including phenoxy) is 1. The Bertz CT molecular complexity index is 1410. The maximum absolute atomic E-state index is 13.3. The lowest BCUT2D eigenvalue weighted by Gasteiger charge is -2.35. The summed E-state index contributed by atoms with van der Waals surface area (Å²) in [5.41, 5.74) is 5.42. The number of allylic oxidation sites excluding steroid dienone is 1. The Labute approximate surface area is 210 Å². The molecule has 0 saturated carbocycles. The van der Waals surface area contributed by atoms with Crippen LogP contribution in [0.15, 0.2) is 89.1 Å². The predicted molar refractivity (Wildman–Crippen MR) is 138 cm³/mol. The third-order valence-electron chi connectivity index (χ3n) is 6.21. The zero-order chi connectivity index (χ0) is 25.1. The average molecular weight is 481 g/mol. The number of aryl methyl sites for hydroxylation is 1. The molecular formula is C29H28N4O3. The normalized spacial score (nSPS) is 15.7. The first-order valence-corrected chi connectivity index (χ1v) is 12.0. The van der Waals surface area contributed by atoms with Gasteiger partial charge in [0.1, 0.15) is 5.75 Å². The van der Waals surface area contributed by atoms with Crippen LogP contribution in [0, 0.1) is 6.92 Å². The number of amides is 2. The lowest BCUT2D eigenvalue weighted by molar-refractivity contribution is 0.203. The molecule has 1 aromatic heterocycles. The molecule has 2 amide bonds. The van der Waals surface area contributed by atoms with Gasteiger partial charge in [0.15, 0.2) is 0 Å². The monoisotopic (exact) mass is 480 g/mol. The Morgan fingerprint density at radius 1 is 1.00 bits per heavy atom. The summed E-state index contributed by atoms with van der Waals surface area (Å²) in [7, 11) is 0. The zero-order valence-electron chi connectivity index (χ0n) is 20.6. The quantitative estimate of drug-likeness (QED) is 0.344. The molecule has 0 bridgehead atoms. The van der Waals surface area contributed by atoms with Gasteiger partial charge in [0.2, 0.25) is 5.82 Å². The van der Waals surface area contributed by atoms with Crippen molar-refractivity contribution in [2.75, 3.05) is 6.61 Å². The zero-order valence-corrected chi connectivity index (χ0v) is 20.6. The molecule has 4 aromatic rings. The van der Waals surface area contributed by atoms with Crippen molar-refractivity contribution in [3.63, 3.8) is 0 Å². The average Bonchev–Trinajstić information content (AvgIpc) is 3.37. The number of nitrogens with one attached hydrogen (secondary N) is 1. The lowest BCUT2D eigenvalue weighted by Crippen LogP contribution is -2.45. The number of nitrogens with zero attached hydrogens (tertiary/aromatic N) is 3. The molecule has 1 aliphatic rings. The van der Waals surface area contributed by atoms with Gasteiger partial charge in [-0.25, -0.2) is 4.79 Å². The maximum Gasteiger partial charge on any atom is 0.322 e. The van der Waals surface area contributed by atoms with E-state index in [1.807, 2.05) is 99.6 Å². The van der Waals surface area contributed by atoms with E-state index < -0.39 is 6.04 Å². The molecule has 1 aliphatic heterocycles. The second-order valence-electron chi connectivity index (χ2n) is 8.75. The van der Waals surface area contributed by atoms with E-state index in [-0.39, 0.29) is 6.03 Å². The Morgan fingerprint density at radius 3 is 2.58 bits per heavy atom. The molecule has 3 aromatic carbocycles. The van der Waals surface area contributed by atoms with Crippen molar-refractivity contribution in [2.45, 2.75) is 33.4 Å². The van der Waals surface area contributed by atoms with E-state index in [1.54, 1.807) is 4.90 Å². The summed E-state index contributed by atoms with van der Waals surface area (Å²) in [4.78, 5) is 19.8. The third kappa shape index (κ3) is 4.73. The molecule has 5 rings (SSSR count). The first kappa shape index (κ1) is 23.4. The fourth-order valence-electron chi connectivity index (χ4n) is 4.46. The van der Waals surface area contributed by atoms with Crippen LogP contribution in [0.2, 0.25) is 0 Å². The third-order valence-corrected chi connectivity index (χ3v) is 6.21. The van der Waals surface area contributed by atoms with Gasteiger partial charge < -0.3 is 14.6 Å². The second-order valence-corrected chi connectivity index (χ2v) is 8.75. The van der Waals surface area contributed by atoms with E-state index in [1.165, 1.54) is 0 Å². The highest BCUT2D eigenvalue weighted by Gasteiger charge is 2.35. The van der Waals surface area contributed by atoms with Crippen molar-refractivity contribution < 1.29 is 14.1 Å². The first-order chi connectivity index (χ1) is 17.5. The van der Waals surface area contributed by atoms with Crippen LogP contribution in [0.25, 0.3) is 17.0 Å². The van der Waals surface area contributed by atoms with Crippen molar-refractivity contribution in [1.82, 2.24) is 20.4 Å². The van der Waals surface area contributed by atoms with Crippen molar-refractivity contribution in [1.29, 1.82) is 0 Å². The van der Waals surface area contributed by atoms with Crippen LogP contribution in [0.3, 0.4) is 0 Å². The molecule has 7 nitrogen and oxygen atoms in total. The molecule has 0 spiro atoms. The first-order valence-electron chi connectivity index (χ1n) is 12.0. The molecule has 0 radical (unpaired) electrons. The predicted octanol–water partition coefficient (Wildman–Crippen LogP) is 6.14. The molecule has 36 heavy (non-hydrogen) atoms. The number of rotatable bonds is 7. The molecule has 2 heterocycles. The van der Waals surface area contributed by atoms with Gasteiger partial charge in [-0.1, -0.05) is 71.4 Å². The Kier molecular flexibility index (Phi) is 6.54.